The standard InChI is InChI=1S/C19H15Cl2N3O4S/c1-10(13-4-3-12(20)7-14(13)21)22-17(25)8-29-19-24-23-18(28-19)11-2-5-15-16(6-11)27-9-26-15/h2-7,10H,8-9H2,1H3,(H,22,25)/t10-/m1/s1. The Labute approximate surface area is 180 Å². The van der Waals surface area contributed by atoms with Gasteiger partial charge in [-0.1, -0.05) is 41.0 Å². The molecule has 0 saturated heterocycles. The predicted octanol–water partition coefficient (Wildman–Crippen LogP) is 4.74. The molecule has 1 aliphatic heterocycles. The maximum Gasteiger partial charge on any atom is 0.277 e. The highest BCUT2D eigenvalue weighted by Crippen LogP contribution is 2.36. The average molecular weight is 452 g/mol. The van der Waals surface area contributed by atoms with Crippen molar-refractivity contribution < 1.29 is 18.7 Å². The number of amides is 1. The zero-order valence-corrected chi connectivity index (χ0v) is 17.5. The summed E-state index contributed by atoms with van der Waals surface area (Å²) >= 11 is 13.2. The number of fused-ring (bicyclic) bond motifs is 1. The lowest BCUT2D eigenvalue weighted by Gasteiger charge is -2.15. The summed E-state index contributed by atoms with van der Waals surface area (Å²) in [7, 11) is 0. The van der Waals surface area contributed by atoms with Crippen molar-refractivity contribution in [2.24, 2.45) is 0 Å². The highest BCUT2D eigenvalue weighted by atomic mass is 35.5. The summed E-state index contributed by atoms with van der Waals surface area (Å²) in [5.74, 6) is 1.58. The van der Waals surface area contributed by atoms with Crippen LogP contribution in [0.2, 0.25) is 10.0 Å². The number of thioether (sulfide) groups is 1. The van der Waals surface area contributed by atoms with Crippen LogP contribution in [0.4, 0.5) is 0 Å². The molecule has 0 fully saturated rings. The van der Waals surface area contributed by atoms with Gasteiger partial charge in [0.2, 0.25) is 18.6 Å². The molecule has 29 heavy (non-hydrogen) atoms. The molecule has 0 radical (unpaired) electrons. The molecule has 10 heteroatoms. The molecule has 7 nitrogen and oxygen atoms in total. The van der Waals surface area contributed by atoms with Gasteiger partial charge < -0.3 is 19.2 Å². The molecule has 1 aromatic heterocycles. The van der Waals surface area contributed by atoms with Crippen LogP contribution in [0.1, 0.15) is 18.5 Å². The van der Waals surface area contributed by atoms with Crippen molar-refractivity contribution in [3.63, 3.8) is 0 Å². The maximum atomic E-state index is 12.3. The lowest BCUT2D eigenvalue weighted by atomic mass is 10.1. The van der Waals surface area contributed by atoms with Crippen molar-refractivity contribution in [1.82, 2.24) is 15.5 Å². The van der Waals surface area contributed by atoms with Gasteiger partial charge in [0, 0.05) is 15.6 Å². The summed E-state index contributed by atoms with van der Waals surface area (Å²) in [4.78, 5) is 12.3. The lowest BCUT2D eigenvalue weighted by molar-refractivity contribution is -0.119. The topological polar surface area (TPSA) is 86.5 Å². The predicted molar refractivity (Wildman–Crippen MR) is 110 cm³/mol. The number of ether oxygens (including phenoxy) is 2. The zero-order chi connectivity index (χ0) is 20.4. The average Bonchev–Trinajstić information content (AvgIpc) is 3.35. The Morgan fingerprint density at radius 3 is 2.83 bits per heavy atom. The second-order valence-electron chi connectivity index (χ2n) is 6.18. The number of nitrogens with zero attached hydrogens (tertiary/aromatic N) is 2. The third-order valence-electron chi connectivity index (χ3n) is 4.16. The molecule has 4 rings (SSSR count). The molecule has 3 aromatic rings. The van der Waals surface area contributed by atoms with E-state index in [2.05, 4.69) is 15.5 Å². The number of aromatic nitrogens is 2. The van der Waals surface area contributed by atoms with Crippen LogP contribution < -0.4 is 14.8 Å². The molecular weight excluding hydrogens is 437 g/mol. The number of hydrogen-bond donors (Lipinski definition) is 1. The Morgan fingerprint density at radius 1 is 1.17 bits per heavy atom. The van der Waals surface area contributed by atoms with E-state index >= 15 is 0 Å². The second-order valence-corrected chi connectivity index (χ2v) is 7.96. The first-order valence-electron chi connectivity index (χ1n) is 8.60. The van der Waals surface area contributed by atoms with Gasteiger partial charge in [0.05, 0.1) is 11.8 Å². The first-order chi connectivity index (χ1) is 14.0. The van der Waals surface area contributed by atoms with Crippen LogP contribution in [0.25, 0.3) is 11.5 Å². The Kier molecular flexibility index (Phi) is 5.84. The van der Waals surface area contributed by atoms with Crippen LogP contribution >= 0.6 is 35.0 Å². The number of rotatable bonds is 6. The SMILES string of the molecule is C[C@@H](NC(=O)CSc1nnc(-c2ccc3c(c2)OCO3)o1)c1ccc(Cl)cc1Cl. The van der Waals surface area contributed by atoms with Crippen LogP contribution in [0.3, 0.4) is 0 Å². The minimum Gasteiger partial charge on any atom is -0.454 e. The normalized spacial score (nSPS) is 13.3. The van der Waals surface area contributed by atoms with Gasteiger partial charge >= 0.3 is 0 Å². The number of nitrogens with one attached hydrogen (secondary N) is 1. The molecule has 0 saturated carbocycles. The van der Waals surface area contributed by atoms with Gasteiger partial charge in [0.25, 0.3) is 5.22 Å². The second kappa shape index (κ2) is 8.52. The molecule has 1 N–H and O–H groups in total. The van der Waals surface area contributed by atoms with Crippen LogP contribution in [0.15, 0.2) is 46.0 Å². The molecule has 150 valence electrons. The smallest absolute Gasteiger partial charge is 0.277 e. The fourth-order valence-corrected chi connectivity index (χ4v) is 3.90. The zero-order valence-electron chi connectivity index (χ0n) is 15.1. The van der Waals surface area contributed by atoms with E-state index in [9.17, 15) is 4.79 Å². The lowest BCUT2D eigenvalue weighted by Crippen LogP contribution is -2.28. The van der Waals surface area contributed by atoms with E-state index in [0.29, 0.717) is 38.2 Å². The minimum atomic E-state index is -0.264. The van der Waals surface area contributed by atoms with E-state index in [1.54, 1.807) is 36.4 Å². The molecule has 0 bridgehead atoms. The van der Waals surface area contributed by atoms with E-state index < -0.39 is 0 Å². The van der Waals surface area contributed by atoms with E-state index in [-0.39, 0.29) is 24.5 Å². The molecular formula is C19H15Cl2N3O4S. The van der Waals surface area contributed by atoms with Crippen molar-refractivity contribution in [3.05, 3.63) is 52.0 Å². The van der Waals surface area contributed by atoms with Crippen molar-refractivity contribution >= 4 is 40.9 Å². The van der Waals surface area contributed by atoms with Gasteiger partial charge in [-0.3, -0.25) is 4.79 Å². The molecule has 0 aliphatic carbocycles. The van der Waals surface area contributed by atoms with Gasteiger partial charge in [-0.25, -0.2) is 0 Å². The molecule has 2 heterocycles. The molecule has 0 unspecified atom stereocenters. The Morgan fingerprint density at radius 2 is 2.00 bits per heavy atom. The first kappa shape index (κ1) is 19.9. The quantitative estimate of drug-likeness (QED) is 0.541. The van der Waals surface area contributed by atoms with Crippen LogP contribution in [0.5, 0.6) is 11.5 Å². The van der Waals surface area contributed by atoms with Gasteiger partial charge in [0.15, 0.2) is 11.5 Å². The third-order valence-corrected chi connectivity index (χ3v) is 5.54. The van der Waals surface area contributed by atoms with E-state index in [4.69, 9.17) is 37.1 Å². The van der Waals surface area contributed by atoms with E-state index in [1.807, 2.05) is 6.92 Å². The van der Waals surface area contributed by atoms with Gasteiger partial charge in [-0.05, 0) is 42.8 Å². The largest absolute Gasteiger partial charge is 0.454 e. The number of halogens is 2. The summed E-state index contributed by atoms with van der Waals surface area (Å²) < 4.78 is 16.3. The molecule has 1 aliphatic rings. The summed E-state index contributed by atoms with van der Waals surface area (Å²) in [6.45, 7) is 2.04. The van der Waals surface area contributed by atoms with Crippen LogP contribution in [0, 0.1) is 0 Å². The highest BCUT2D eigenvalue weighted by molar-refractivity contribution is 7.99. The first-order valence-corrected chi connectivity index (χ1v) is 10.3. The van der Waals surface area contributed by atoms with Crippen molar-refractivity contribution in [3.8, 4) is 23.0 Å². The van der Waals surface area contributed by atoms with Crippen LogP contribution in [-0.4, -0.2) is 28.7 Å². The molecule has 1 amide bonds. The fraction of sp³-hybridized carbons (Fsp3) is 0.211. The fourth-order valence-electron chi connectivity index (χ4n) is 2.76. The Balaban J connectivity index is 1.34. The Bertz CT molecular complexity index is 1060. The van der Waals surface area contributed by atoms with Crippen LogP contribution in [-0.2, 0) is 4.79 Å². The minimum absolute atomic E-state index is 0.123. The summed E-state index contributed by atoms with van der Waals surface area (Å²) in [6, 6.07) is 10.3. The number of carbonyl (C=O) groups is 1. The van der Waals surface area contributed by atoms with Gasteiger partial charge in [-0.15, -0.1) is 10.2 Å². The highest BCUT2D eigenvalue weighted by Gasteiger charge is 2.18. The van der Waals surface area contributed by atoms with Gasteiger partial charge in [-0.2, -0.15) is 0 Å². The Hall–Kier alpha value is -2.42. The van der Waals surface area contributed by atoms with Crippen molar-refractivity contribution in [1.29, 1.82) is 0 Å². The monoisotopic (exact) mass is 451 g/mol. The number of benzene rings is 2. The molecule has 0 spiro atoms. The van der Waals surface area contributed by atoms with Crippen molar-refractivity contribution in [2.75, 3.05) is 12.5 Å². The number of hydrogen-bond acceptors (Lipinski definition) is 7. The van der Waals surface area contributed by atoms with Gasteiger partial charge in [0.1, 0.15) is 0 Å². The third kappa shape index (κ3) is 4.60. The maximum absolute atomic E-state index is 12.3. The molecule has 1 atom stereocenters. The number of carbonyl (C=O) groups excluding carboxylic acids is 1. The van der Waals surface area contributed by atoms with E-state index in [1.165, 1.54) is 0 Å². The molecule has 2 aromatic carbocycles. The van der Waals surface area contributed by atoms with Crippen molar-refractivity contribution in [2.45, 2.75) is 18.2 Å². The summed E-state index contributed by atoms with van der Waals surface area (Å²) in [6.07, 6.45) is 0. The van der Waals surface area contributed by atoms with E-state index in [0.717, 1.165) is 17.3 Å². The summed E-state index contributed by atoms with van der Waals surface area (Å²) in [5, 5.41) is 12.2. The summed E-state index contributed by atoms with van der Waals surface area (Å²) in [5.41, 5.74) is 1.50.